The van der Waals surface area contributed by atoms with Gasteiger partial charge in [-0.25, -0.2) is 13.8 Å². The molecule has 9 heteroatoms. The van der Waals surface area contributed by atoms with Crippen LogP contribution in [0.25, 0.3) is 0 Å². The van der Waals surface area contributed by atoms with Gasteiger partial charge < -0.3 is 0 Å². The third kappa shape index (κ3) is 2.42. The zero-order valence-electron chi connectivity index (χ0n) is 7.29. The molecule has 1 heterocycles. The van der Waals surface area contributed by atoms with Gasteiger partial charge in [0.2, 0.25) is 5.15 Å². The summed E-state index contributed by atoms with van der Waals surface area (Å²) < 4.78 is 24.9. The second-order valence-electron chi connectivity index (χ2n) is 2.57. The number of rotatable bonds is 3. The van der Waals surface area contributed by atoms with Crippen molar-refractivity contribution in [3.63, 3.8) is 0 Å². The molecule has 0 bridgehead atoms. The van der Waals surface area contributed by atoms with Crippen LogP contribution in [0.5, 0.6) is 0 Å². The summed E-state index contributed by atoms with van der Waals surface area (Å²) in [6.45, 7) is 0. The van der Waals surface area contributed by atoms with E-state index in [4.69, 9.17) is 23.2 Å². The topological polar surface area (TPSA) is 73.1 Å². The summed E-state index contributed by atoms with van der Waals surface area (Å²) in [7, 11) is 0. The number of carbonyl (C=O) groups excluding carboxylic acids is 1. The number of hydrogen-bond donors (Lipinski definition) is 0. The van der Waals surface area contributed by atoms with Crippen LogP contribution in [0.1, 0.15) is 22.5 Å². The molecule has 1 rings (SSSR count). The summed E-state index contributed by atoms with van der Waals surface area (Å²) in [4.78, 5) is 23.3. The number of carbonyl (C=O) groups is 1. The highest BCUT2D eigenvalue weighted by Crippen LogP contribution is 2.31. The number of nitrogens with zero attached hydrogens (tertiary/aromatic N) is 2. The molecule has 0 radical (unpaired) electrons. The molecule has 0 aliphatic carbocycles. The van der Waals surface area contributed by atoms with Crippen molar-refractivity contribution in [1.82, 2.24) is 4.98 Å². The summed E-state index contributed by atoms with van der Waals surface area (Å²) in [6, 6.07) is 0.482. The highest BCUT2D eigenvalue weighted by atomic mass is 35.5. The van der Waals surface area contributed by atoms with Gasteiger partial charge in [-0.1, -0.05) is 11.6 Å². The van der Waals surface area contributed by atoms with E-state index in [2.05, 4.69) is 4.98 Å². The van der Waals surface area contributed by atoms with Crippen molar-refractivity contribution in [3.05, 3.63) is 32.6 Å². The van der Waals surface area contributed by atoms with Crippen molar-refractivity contribution in [3.8, 4) is 0 Å². The van der Waals surface area contributed by atoms with Crippen LogP contribution in [-0.4, -0.2) is 15.1 Å². The van der Waals surface area contributed by atoms with Gasteiger partial charge in [0.25, 0.3) is 11.7 Å². The Kier molecular flexibility index (Phi) is 3.71. The lowest BCUT2D eigenvalue weighted by Crippen LogP contribution is -2.05. The van der Waals surface area contributed by atoms with Gasteiger partial charge in [-0.15, -0.1) is 0 Å². The molecule has 0 aliphatic heterocycles. The highest BCUT2D eigenvalue weighted by Gasteiger charge is 2.25. The van der Waals surface area contributed by atoms with Gasteiger partial charge in [-0.3, -0.25) is 14.9 Å². The molecule has 0 unspecified atom stereocenters. The van der Waals surface area contributed by atoms with Crippen LogP contribution >= 0.6 is 23.2 Å². The Morgan fingerprint density at radius 1 is 1.56 bits per heavy atom. The van der Waals surface area contributed by atoms with Gasteiger partial charge in [0.15, 0.2) is 0 Å². The van der Waals surface area contributed by atoms with Crippen molar-refractivity contribution in [2.24, 2.45) is 0 Å². The van der Waals surface area contributed by atoms with Gasteiger partial charge >= 0.3 is 5.69 Å². The fraction of sp³-hybridized carbons (Fsp3) is 0.143. The lowest BCUT2D eigenvalue weighted by molar-refractivity contribution is -0.385. The SMILES string of the molecule is O=C(Cl)c1nc(Cl)c([N+](=O)[O-])cc1C(F)F. The summed E-state index contributed by atoms with van der Waals surface area (Å²) in [5.41, 5.74) is -2.51. The van der Waals surface area contributed by atoms with Crippen molar-refractivity contribution in [2.45, 2.75) is 6.43 Å². The molecule has 86 valence electrons. The molecule has 0 saturated carbocycles. The second-order valence-corrected chi connectivity index (χ2v) is 3.27. The van der Waals surface area contributed by atoms with Crippen LogP contribution in [0.4, 0.5) is 14.5 Å². The smallest absolute Gasteiger partial charge is 0.274 e. The van der Waals surface area contributed by atoms with Gasteiger partial charge in [0.05, 0.1) is 10.5 Å². The monoisotopic (exact) mass is 270 g/mol. The minimum Gasteiger partial charge on any atom is -0.274 e. The number of hydrogen-bond acceptors (Lipinski definition) is 4. The normalized spacial score (nSPS) is 10.6. The summed E-state index contributed by atoms with van der Waals surface area (Å²) in [5, 5.41) is 8.47. The fourth-order valence-electron chi connectivity index (χ4n) is 0.947. The molecule has 1 aromatic heterocycles. The Hall–Kier alpha value is -1.34. The van der Waals surface area contributed by atoms with E-state index in [1.165, 1.54) is 0 Å². The first kappa shape index (κ1) is 12.7. The van der Waals surface area contributed by atoms with E-state index >= 15 is 0 Å². The Morgan fingerprint density at radius 3 is 2.50 bits per heavy atom. The first-order valence-corrected chi connectivity index (χ1v) is 4.43. The van der Waals surface area contributed by atoms with E-state index in [0.29, 0.717) is 6.07 Å². The van der Waals surface area contributed by atoms with Gasteiger partial charge in [0, 0.05) is 6.07 Å². The Balaban J connectivity index is 3.49. The lowest BCUT2D eigenvalue weighted by atomic mass is 10.2. The van der Waals surface area contributed by atoms with E-state index in [9.17, 15) is 23.7 Å². The van der Waals surface area contributed by atoms with E-state index in [1.807, 2.05) is 0 Å². The first-order chi connectivity index (χ1) is 7.34. The maximum atomic E-state index is 12.4. The van der Waals surface area contributed by atoms with Crippen LogP contribution in [0.2, 0.25) is 5.15 Å². The minimum absolute atomic E-state index is 0.482. The first-order valence-electron chi connectivity index (χ1n) is 3.67. The third-order valence-corrected chi connectivity index (χ3v) is 2.06. The van der Waals surface area contributed by atoms with E-state index in [1.54, 1.807) is 0 Å². The quantitative estimate of drug-likeness (QED) is 0.366. The number of halogens is 4. The summed E-state index contributed by atoms with van der Waals surface area (Å²) >= 11 is 10.3. The average Bonchev–Trinajstić information content (AvgIpc) is 2.15. The molecule has 1 aromatic rings. The molecule has 0 fully saturated rings. The van der Waals surface area contributed by atoms with E-state index in [0.717, 1.165) is 0 Å². The molecule has 0 atom stereocenters. The van der Waals surface area contributed by atoms with Crippen LogP contribution < -0.4 is 0 Å². The Bertz CT molecular complexity index is 467. The van der Waals surface area contributed by atoms with Crippen LogP contribution in [0, 0.1) is 10.1 Å². The van der Waals surface area contributed by atoms with Gasteiger partial charge in [-0.2, -0.15) is 0 Å². The predicted octanol–water partition coefficient (Wildman–Crippen LogP) is 2.96. The molecule has 0 N–H and O–H groups in total. The molecule has 0 saturated heterocycles. The van der Waals surface area contributed by atoms with Crippen molar-refractivity contribution >= 4 is 34.1 Å². The molecule has 0 amide bonds. The Morgan fingerprint density at radius 2 is 2.12 bits per heavy atom. The maximum Gasteiger partial charge on any atom is 0.306 e. The third-order valence-electron chi connectivity index (χ3n) is 1.60. The summed E-state index contributed by atoms with van der Waals surface area (Å²) in [5.74, 6) is 0. The average molecular weight is 271 g/mol. The van der Waals surface area contributed by atoms with Crippen molar-refractivity contribution in [1.29, 1.82) is 0 Å². The Labute approximate surface area is 97.1 Å². The zero-order valence-corrected chi connectivity index (χ0v) is 8.80. The zero-order chi connectivity index (χ0) is 12.5. The molecule has 0 spiro atoms. The van der Waals surface area contributed by atoms with Crippen molar-refractivity contribution in [2.75, 3.05) is 0 Å². The van der Waals surface area contributed by atoms with E-state index < -0.39 is 38.7 Å². The number of alkyl halides is 2. The van der Waals surface area contributed by atoms with Crippen molar-refractivity contribution < 1.29 is 18.5 Å². The number of nitro groups is 1. The minimum atomic E-state index is -3.11. The standard InChI is InChI=1S/C7H2Cl2F2N2O3/c8-5-3(13(15)16)1-2(7(10)11)4(12-5)6(9)14/h1,7H. The number of aromatic nitrogens is 1. The predicted molar refractivity (Wildman–Crippen MR) is 51.0 cm³/mol. The largest absolute Gasteiger partial charge is 0.306 e. The fourth-order valence-corrected chi connectivity index (χ4v) is 1.31. The molecular formula is C7H2Cl2F2N2O3. The molecule has 16 heavy (non-hydrogen) atoms. The van der Waals surface area contributed by atoms with Crippen LogP contribution in [0.3, 0.4) is 0 Å². The summed E-state index contributed by atoms with van der Waals surface area (Å²) in [6.07, 6.45) is -3.11. The molecular weight excluding hydrogens is 269 g/mol. The van der Waals surface area contributed by atoms with E-state index in [-0.39, 0.29) is 0 Å². The maximum absolute atomic E-state index is 12.4. The van der Waals surface area contributed by atoms with Crippen LogP contribution in [-0.2, 0) is 0 Å². The lowest BCUT2D eigenvalue weighted by Gasteiger charge is -2.04. The molecule has 0 aliphatic rings. The molecule has 5 nitrogen and oxygen atoms in total. The second kappa shape index (κ2) is 4.67. The van der Waals surface area contributed by atoms with Crippen LogP contribution in [0.15, 0.2) is 6.07 Å². The van der Waals surface area contributed by atoms with Gasteiger partial charge in [0.1, 0.15) is 5.69 Å². The number of pyridine rings is 1. The van der Waals surface area contributed by atoms with Gasteiger partial charge in [-0.05, 0) is 11.6 Å². The highest BCUT2D eigenvalue weighted by molar-refractivity contribution is 6.67. The molecule has 0 aromatic carbocycles.